The molecule has 0 bridgehead atoms. The summed E-state index contributed by atoms with van der Waals surface area (Å²) in [6, 6.07) is 0. The molecule has 1 fully saturated rings. The minimum absolute atomic E-state index is 1.08. The van der Waals surface area contributed by atoms with Crippen molar-refractivity contribution in [2.24, 2.45) is 0 Å². The zero-order valence-electron chi connectivity index (χ0n) is 3.62. The van der Waals surface area contributed by atoms with Gasteiger partial charge in [0, 0.05) is 0 Å². The van der Waals surface area contributed by atoms with Crippen LogP contribution < -0.4 is 16.2 Å². The largest absolute Gasteiger partial charge is 0.298 e. The molecule has 1 saturated heterocycles. The molecule has 3 nitrogen and oxygen atoms in total. The maximum Gasteiger partial charge on any atom is 0.177 e. The van der Waals surface area contributed by atoms with Crippen LogP contribution in [0, 0.1) is 0 Å². The molecule has 0 aromatic carbocycles. The number of rotatable bonds is 0. The van der Waals surface area contributed by atoms with E-state index in [1.807, 2.05) is 0 Å². The lowest BCUT2D eigenvalue weighted by Gasteiger charge is -2.10. The Morgan fingerprint density at radius 1 is 1.00 bits per heavy atom. The Kier molecular flexibility index (Phi) is 1.61. The van der Waals surface area contributed by atoms with Gasteiger partial charge in [-0.3, -0.25) is 10.7 Å². The number of hydrogen-bond acceptors (Lipinski definition) is 3. The summed E-state index contributed by atoms with van der Waals surface area (Å²) in [5, 5.41) is 5.85. The first-order valence-electron chi connectivity index (χ1n) is 2.21. The first-order chi connectivity index (χ1) is 3.00. The molecule has 0 aliphatic carbocycles. The topological polar surface area (TPSA) is 36.1 Å². The fraction of sp³-hybridized carbons (Fsp3) is 0. The van der Waals surface area contributed by atoms with Gasteiger partial charge in [0.1, 0.15) is 0 Å². The van der Waals surface area contributed by atoms with Crippen LogP contribution in [0.4, 0.5) is 0 Å². The van der Waals surface area contributed by atoms with Gasteiger partial charge in [0.15, 0.2) is 14.6 Å². The zero-order valence-corrected chi connectivity index (χ0v) is 3.62. The highest BCUT2D eigenvalue weighted by Crippen LogP contribution is 1.48. The van der Waals surface area contributed by atoms with Crippen molar-refractivity contribution in [3.8, 4) is 0 Å². The Morgan fingerprint density at radius 2 is 1.67 bits per heavy atom. The predicted molar refractivity (Wildman–Crippen MR) is 30.9 cm³/mol. The molecule has 6 heteroatoms. The summed E-state index contributed by atoms with van der Waals surface area (Å²) in [6.07, 6.45) is 0. The summed E-state index contributed by atoms with van der Waals surface area (Å²) in [5.41, 5.74) is 2.78. The Morgan fingerprint density at radius 3 is 1.83 bits per heavy atom. The molecule has 6 heavy (non-hydrogen) atoms. The third kappa shape index (κ3) is 1.04. The van der Waals surface area contributed by atoms with Crippen LogP contribution in [0.15, 0.2) is 0 Å². The van der Waals surface area contributed by atoms with Gasteiger partial charge in [-0.05, 0) is 0 Å². The Hall–Kier alpha value is 0.0748. The molecule has 0 atom stereocenters. The van der Waals surface area contributed by atoms with Gasteiger partial charge in [-0.2, -0.15) is 0 Å². The van der Waals surface area contributed by atoms with E-state index in [2.05, 4.69) is 16.2 Å². The first-order valence-corrected chi connectivity index (χ1v) is 2.21. The van der Waals surface area contributed by atoms with Gasteiger partial charge in [0.05, 0.1) is 7.06 Å². The van der Waals surface area contributed by atoms with E-state index < -0.39 is 0 Å². The summed E-state index contributed by atoms with van der Waals surface area (Å²) < 4.78 is 0. The maximum atomic E-state index is 2.92. The van der Waals surface area contributed by atoms with Crippen molar-refractivity contribution in [3.63, 3.8) is 0 Å². The van der Waals surface area contributed by atoms with Gasteiger partial charge in [-0.25, -0.2) is 5.53 Å². The lowest BCUT2D eigenvalue weighted by atomic mass is 9.28. The van der Waals surface area contributed by atoms with E-state index in [0.717, 1.165) is 14.6 Å². The molecule has 1 aliphatic rings. The highest BCUT2D eigenvalue weighted by Gasteiger charge is 1.98. The molecule has 0 aromatic heterocycles. The summed E-state index contributed by atoms with van der Waals surface area (Å²) in [6.45, 7) is 0. The maximum absolute atomic E-state index is 2.92. The summed E-state index contributed by atoms with van der Waals surface area (Å²) >= 11 is 0. The van der Waals surface area contributed by atoms with Gasteiger partial charge < -0.3 is 0 Å². The van der Waals surface area contributed by atoms with Crippen molar-refractivity contribution in [1.82, 2.24) is 16.2 Å². The lowest BCUT2D eigenvalue weighted by Crippen LogP contribution is -2.57. The molecule has 0 saturated carbocycles. The van der Waals surface area contributed by atoms with Crippen LogP contribution in [0.5, 0.6) is 0 Å². The quantitative estimate of drug-likeness (QED) is 0.265. The van der Waals surface area contributed by atoms with Crippen LogP contribution in [0.2, 0.25) is 0 Å². The molecule has 1 aliphatic heterocycles. The van der Waals surface area contributed by atoms with Crippen LogP contribution in [0.3, 0.4) is 0 Å². The van der Waals surface area contributed by atoms with Crippen molar-refractivity contribution in [2.45, 2.75) is 0 Å². The Bertz CT molecular complexity index is 21.5. The predicted octanol–water partition coefficient (Wildman–Crippen LogP) is -3.43. The van der Waals surface area contributed by atoms with E-state index in [1.165, 1.54) is 7.06 Å². The van der Waals surface area contributed by atoms with Crippen LogP contribution in [-0.2, 0) is 0 Å². The average Bonchev–Trinajstić information content (AvgIpc) is 1.72. The van der Waals surface area contributed by atoms with Gasteiger partial charge in [-0.1, -0.05) is 0 Å². The van der Waals surface area contributed by atoms with E-state index in [9.17, 15) is 0 Å². The smallest absolute Gasteiger partial charge is 0.177 e. The molecular formula is H6B3N3. The Balaban J connectivity index is 2.00. The van der Waals surface area contributed by atoms with Crippen LogP contribution >= 0.6 is 0 Å². The normalized spacial score (nSPS) is 20.0. The van der Waals surface area contributed by atoms with E-state index in [4.69, 9.17) is 0 Å². The van der Waals surface area contributed by atoms with Crippen molar-refractivity contribution in [3.05, 3.63) is 0 Å². The highest BCUT2D eigenvalue weighted by atomic mass is 15.5. The second kappa shape index (κ2) is 2.28. The minimum Gasteiger partial charge on any atom is -0.298 e. The zero-order chi connectivity index (χ0) is 4.24. The van der Waals surface area contributed by atoms with Crippen molar-refractivity contribution < 1.29 is 0 Å². The third-order valence-electron chi connectivity index (χ3n) is 0.780. The molecule has 30 valence electrons. The fourth-order valence-electron chi connectivity index (χ4n) is 0.453. The van der Waals surface area contributed by atoms with Gasteiger partial charge in [-0.15, -0.1) is 0 Å². The number of nitrogens with one attached hydrogen (secondary N) is 3. The van der Waals surface area contributed by atoms with E-state index >= 15 is 0 Å². The minimum atomic E-state index is 1.08. The van der Waals surface area contributed by atoms with Crippen molar-refractivity contribution in [2.75, 3.05) is 0 Å². The second-order valence-electron chi connectivity index (χ2n) is 1.33. The average molecular weight is 80.5 g/mol. The molecule has 1 rings (SSSR count). The molecule has 0 unspecified atom stereocenters. The van der Waals surface area contributed by atoms with Gasteiger partial charge >= 0.3 is 0 Å². The molecular weight excluding hydrogens is 74.5 g/mol. The summed E-state index contributed by atoms with van der Waals surface area (Å²) in [7, 11) is 3.37. The molecule has 0 spiro atoms. The molecule has 0 amide bonds. The monoisotopic (exact) mass is 81.1 g/mol. The standard InChI is InChI=1S/B3H6N3/c1-2-4-6-5-3-1/h1-6H. The second-order valence-corrected chi connectivity index (χ2v) is 1.33. The third-order valence-corrected chi connectivity index (χ3v) is 0.780. The molecule has 0 aromatic rings. The fourth-order valence-corrected chi connectivity index (χ4v) is 0.453. The van der Waals surface area contributed by atoms with Crippen LogP contribution in [0.1, 0.15) is 0 Å². The molecule has 3 N–H and O–H groups in total. The SMILES string of the molecule is B1BNNNB1. The van der Waals surface area contributed by atoms with Gasteiger partial charge in [0.25, 0.3) is 0 Å². The van der Waals surface area contributed by atoms with Crippen molar-refractivity contribution >= 4 is 21.7 Å². The van der Waals surface area contributed by atoms with E-state index in [0.29, 0.717) is 0 Å². The van der Waals surface area contributed by atoms with E-state index in [1.54, 1.807) is 0 Å². The van der Waals surface area contributed by atoms with E-state index in [-0.39, 0.29) is 0 Å². The lowest BCUT2D eigenvalue weighted by molar-refractivity contribution is 0.649. The number of hydrazine groups is 2. The Labute approximate surface area is 38.9 Å². The molecule has 0 radical (unpaired) electrons. The van der Waals surface area contributed by atoms with Crippen LogP contribution in [0.25, 0.3) is 0 Å². The molecule has 1 heterocycles. The highest BCUT2D eigenvalue weighted by molar-refractivity contribution is 7.28. The van der Waals surface area contributed by atoms with Crippen molar-refractivity contribution in [1.29, 1.82) is 0 Å². The number of hydrogen-bond donors (Lipinski definition) is 3. The summed E-state index contributed by atoms with van der Waals surface area (Å²) in [5.74, 6) is 0. The van der Waals surface area contributed by atoms with Gasteiger partial charge in [0.2, 0.25) is 0 Å². The first kappa shape index (κ1) is 4.24. The summed E-state index contributed by atoms with van der Waals surface area (Å²) in [4.78, 5) is 0. The van der Waals surface area contributed by atoms with Crippen LogP contribution in [-0.4, -0.2) is 21.7 Å².